The lowest BCUT2D eigenvalue weighted by molar-refractivity contribution is 0.952. The van der Waals surface area contributed by atoms with Gasteiger partial charge in [0, 0.05) is 0 Å². The molecule has 134 valence electrons. The lowest BCUT2D eigenvalue weighted by Gasteiger charge is -2.12. The second kappa shape index (κ2) is 12.8. The molecule has 1 aromatic rings. The van der Waals surface area contributed by atoms with Crippen LogP contribution in [0.3, 0.4) is 0 Å². The second-order valence-corrected chi connectivity index (χ2v) is 6.10. The molecule has 0 radical (unpaired) electrons. The van der Waals surface area contributed by atoms with Crippen LogP contribution in [-0.4, -0.2) is 0 Å². The maximum absolute atomic E-state index is 2.39. The van der Waals surface area contributed by atoms with Gasteiger partial charge in [-0.25, -0.2) is 0 Å². The number of hydrogen-bond acceptors (Lipinski definition) is 0. The Balaban J connectivity index is 0.00000254. The van der Waals surface area contributed by atoms with E-state index in [1.54, 1.807) is 0 Å². The van der Waals surface area contributed by atoms with Gasteiger partial charge in [0.1, 0.15) is 0 Å². The van der Waals surface area contributed by atoms with Crippen LogP contribution in [0.15, 0.2) is 41.5 Å². The van der Waals surface area contributed by atoms with Crippen LogP contribution < -0.4 is 0 Å². The summed E-state index contributed by atoms with van der Waals surface area (Å²) < 4.78 is 0. The number of benzene rings is 1. The molecule has 0 saturated carbocycles. The van der Waals surface area contributed by atoms with Crippen molar-refractivity contribution in [1.82, 2.24) is 0 Å². The lowest BCUT2D eigenvalue weighted by atomic mass is 9.93. The van der Waals surface area contributed by atoms with Crippen molar-refractivity contribution in [3.05, 3.63) is 63.8 Å². The average Bonchev–Trinajstić information content (AvgIpc) is 2.58. The SMILES string of the molecule is CC.CC=C(CC)/C(=C\c1cc(C)cc(C)c1C)C/C=C\CCC. The van der Waals surface area contributed by atoms with Gasteiger partial charge in [-0.05, 0) is 74.8 Å². The molecule has 1 rings (SSSR count). The van der Waals surface area contributed by atoms with E-state index in [4.69, 9.17) is 0 Å². The quantitative estimate of drug-likeness (QED) is 0.350. The van der Waals surface area contributed by atoms with Gasteiger partial charge in [-0.3, -0.25) is 0 Å². The van der Waals surface area contributed by atoms with Crippen molar-refractivity contribution in [2.45, 2.75) is 81.1 Å². The Morgan fingerprint density at radius 3 is 2.17 bits per heavy atom. The smallest absolute Gasteiger partial charge is 0.00946 e. The van der Waals surface area contributed by atoms with E-state index in [2.05, 4.69) is 78.0 Å². The highest BCUT2D eigenvalue weighted by molar-refractivity contribution is 5.63. The van der Waals surface area contributed by atoms with Gasteiger partial charge in [0.15, 0.2) is 0 Å². The van der Waals surface area contributed by atoms with Gasteiger partial charge in [-0.15, -0.1) is 0 Å². The molecule has 0 saturated heterocycles. The summed E-state index contributed by atoms with van der Waals surface area (Å²) in [4.78, 5) is 0. The average molecular weight is 327 g/mol. The third-order valence-electron chi connectivity index (χ3n) is 4.28. The molecule has 24 heavy (non-hydrogen) atoms. The number of hydrogen-bond donors (Lipinski definition) is 0. The standard InChI is InChI=1S/C22H32.C2H6/c1-7-10-11-12-13-21(20(8-2)9-3)16-22-15-17(4)14-18(5)19(22)6;1-2/h8,11-12,14-16H,7,9-10,13H2,1-6H3;1-2H3/b12-11-,20-8?,21-16-;. The zero-order chi connectivity index (χ0) is 18.5. The molecule has 0 aliphatic carbocycles. The first-order valence-electron chi connectivity index (χ1n) is 9.62. The van der Waals surface area contributed by atoms with E-state index in [-0.39, 0.29) is 0 Å². The molecule has 0 spiro atoms. The van der Waals surface area contributed by atoms with Crippen LogP contribution in [0.4, 0.5) is 0 Å². The highest BCUT2D eigenvalue weighted by Gasteiger charge is 2.05. The molecule has 0 N–H and O–H groups in total. The van der Waals surface area contributed by atoms with E-state index in [1.807, 2.05) is 13.8 Å². The topological polar surface area (TPSA) is 0 Å². The Labute approximate surface area is 151 Å². The van der Waals surface area contributed by atoms with Gasteiger partial charge in [-0.1, -0.05) is 76.1 Å². The number of rotatable bonds is 7. The Morgan fingerprint density at radius 2 is 1.62 bits per heavy atom. The van der Waals surface area contributed by atoms with Gasteiger partial charge in [0.05, 0.1) is 0 Å². The van der Waals surface area contributed by atoms with Crippen LogP contribution in [0.25, 0.3) is 6.08 Å². The van der Waals surface area contributed by atoms with E-state index >= 15 is 0 Å². The largest absolute Gasteiger partial charge is 0.0882 e. The lowest BCUT2D eigenvalue weighted by Crippen LogP contribution is -1.92. The van der Waals surface area contributed by atoms with Crippen LogP contribution in [-0.2, 0) is 0 Å². The van der Waals surface area contributed by atoms with Gasteiger partial charge in [-0.2, -0.15) is 0 Å². The van der Waals surface area contributed by atoms with E-state index < -0.39 is 0 Å². The molecule has 0 heteroatoms. The Hall–Kier alpha value is -1.56. The van der Waals surface area contributed by atoms with Crippen molar-refractivity contribution in [2.75, 3.05) is 0 Å². The van der Waals surface area contributed by atoms with Crippen molar-refractivity contribution in [3.8, 4) is 0 Å². The molecular weight excluding hydrogens is 288 g/mol. The molecule has 0 atom stereocenters. The summed E-state index contributed by atoms with van der Waals surface area (Å²) in [6.45, 7) is 17.2. The fourth-order valence-corrected chi connectivity index (χ4v) is 2.80. The first-order chi connectivity index (χ1) is 11.5. The maximum Gasteiger partial charge on any atom is -0.00946 e. The zero-order valence-electron chi connectivity index (χ0n) is 17.3. The minimum Gasteiger partial charge on any atom is -0.0882 e. The highest BCUT2D eigenvalue weighted by Crippen LogP contribution is 2.25. The molecular formula is C24H38. The van der Waals surface area contributed by atoms with Crippen molar-refractivity contribution in [3.63, 3.8) is 0 Å². The zero-order valence-corrected chi connectivity index (χ0v) is 17.3. The number of aryl methyl sites for hydroxylation is 2. The van der Waals surface area contributed by atoms with Crippen molar-refractivity contribution in [1.29, 1.82) is 0 Å². The molecule has 0 amide bonds. The fraction of sp³-hybridized carbons (Fsp3) is 0.500. The normalized spacial score (nSPS) is 12.3. The maximum atomic E-state index is 2.39. The van der Waals surface area contributed by atoms with E-state index in [0.29, 0.717) is 0 Å². The number of unbranched alkanes of at least 4 members (excludes halogenated alkanes) is 1. The summed E-state index contributed by atoms with van der Waals surface area (Å²) in [5.74, 6) is 0. The summed E-state index contributed by atoms with van der Waals surface area (Å²) >= 11 is 0. The summed E-state index contributed by atoms with van der Waals surface area (Å²) in [6.07, 6.45) is 13.8. The van der Waals surface area contributed by atoms with E-state index in [0.717, 1.165) is 12.8 Å². The summed E-state index contributed by atoms with van der Waals surface area (Å²) in [6, 6.07) is 4.57. The van der Waals surface area contributed by atoms with E-state index in [9.17, 15) is 0 Å². The van der Waals surface area contributed by atoms with Gasteiger partial charge < -0.3 is 0 Å². The van der Waals surface area contributed by atoms with Crippen molar-refractivity contribution in [2.24, 2.45) is 0 Å². The van der Waals surface area contributed by atoms with Crippen LogP contribution >= 0.6 is 0 Å². The minimum atomic E-state index is 1.03. The molecule has 1 aromatic carbocycles. The third-order valence-corrected chi connectivity index (χ3v) is 4.28. The molecule has 0 heterocycles. The predicted octanol–water partition coefficient (Wildman–Crippen LogP) is 8.12. The van der Waals surface area contributed by atoms with Crippen molar-refractivity contribution < 1.29 is 0 Å². The Kier molecular flexibility index (Phi) is 12.0. The highest BCUT2D eigenvalue weighted by atomic mass is 14.1. The summed E-state index contributed by atoms with van der Waals surface area (Å²) in [5, 5.41) is 0. The molecule has 0 bridgehead atoms. The Bertz CT molecular complexity index is 568. The summed E-state index contributed by atoms with van der Waals surface area (Å²) in [7, 11) is 0. The number of allylic oxidation sites excluding steroid dienone is 5. The van der Waals surface area contributed by atoms with E-state index in [1.165, 1.54) is 46.2 Å². The van der Waals surface area contributed by atoms with Gasteiger partial charge in [0.2, 0.25) is 0 Å². The van der Waals surface area contributed by atoms with Crippen LogP contribution in [0.2, 0.25) is 0 Å². The molecule has 0 aliphatic heterocycles. The monoisotopic (exact) mass is 326 g/mol. The van der Waals surface area contributed by atoms with Crippen molar-refractivity contribution >= 4 is 6.08 Å². The molecule has 0 nitrogen and oxygen atoms in total. The van der Waals surface area contributed by atoms with Crippen LogP contribution in [0.1, 0.15) is 82.6 Å². The van der Waals surface area contributed by atoms with Gasteiger partial charge in [0.25, 0.3) is 0 Å². The molecule has 0 aromatic heterocycles. The van der Waals surface area contributed by atoms with Gasteiger partial charge >= 0.3 is 0 Å². The minimum absolute atomic E-state index is 1.03. The molecule has 0 unspecified atom stereocenters. The summed E-state index contributed by atoms with van der Waals surface area (Å²) in [5.41, 5.74) is 8.39. The van der Waals surface area contributed by atoms with Crippen LogP contribution in [0.5, 0.6) is 0 Å². The Morgan fingerprint density at radius 1 is 0.958 bits per heavy atom. The first kappa shape index (κ1) is 22.4. The fourth-order valence-electron chi connectivity index (χ4n) is 2.80. The second-order valence-electron chi connectivity index (χ2n) is 6.10. The first-order valence-corrected chi connectivity index (χ1v) is 9.62. The molecule has 0 aliphatic rings. The van der Waals surface area contributed by atoms with Crippen LogP contribution in [0, 0.1) is 20.8 Å². The third kappa shape index (κ3) is 7.34. The predicted molar refractivity (Wildman–Crippen MR) is 113 cm³/mol. The molecule has 0 fully saturated rings.